The quantitative estimate of drug-likeness (QED) is 0.313. The van der Waals surface area contributed by atoms with Gasteiger partial charge in [0.1, 0.15) is 5.58 Å². The van der Waals surface area contributed by atoms with Crippen LogP contribution in [0.25, 0.3) is 33.0 Å². The van der Waals surface area contributed by atoms with Crippen molar-refractivity contribution in [3.63, 3.8) is 0 Å². The zero-order valence-corrected chi connectivity index (χ0v) is 17.8. The van der Waals surface area contributed by atoms with E-state index in [1.807, 2.05) is 54.8 Å². The Morgan fingerprint density at radius 2 is 1.90 bits per heavy atom. The number of nitrogens with one attached hydrogen (secondary N) is 1. The summed E-state index contributed by atoms with van der Waals surface area (Å²) in [4.78, 5) is 17.4. The molecule has 0 aliphatic carbocycles. The number of nitrogens with zero attached hydrogens (tertiary/aromatic N) is 1. The van der Waals surface area contributed by atoms with E-state index in [1.165, 1.54) is 11.3 Å². The number of rotatable bonds is 3. The molecule has 0 saturated heterocycles. The van der Waals surface area contributed by atoms with Gasteiger partial charge in [-0.25, -0.2) is 4.98 Å². The minimum atomic E-state index is -0.298. The summed E-state index contributed by atoms with van der Waals surface area (Å²) in [6.45, 7) is 1.89. The predicted molar refractivity (Wildman–Crippen MR) is 122 cm³/mol. The maximum atomic E-state index is 12.8. The Labute approximate surface area is 179 Å². The number of hydrogen-bond donors (Lipinski definition) is 1. The van der Waals surface area contributed by atoms with Gasteiger partial charge >= 0.3 is 0 Å². The lowest BCUT2D eigenvalue weighted by atomic mass is 10.0. The molecule has 5 aromatic rings. The molecule has 3 aromatic carbocycles. The van der Waals surface area contributed by atoms with Gasteiger partial charge in [0.15, 0.2) is 10.9 Å². The number of fused-ring (bicyclic) bond motifs is 2. The fourth-order valence-corrected chi connectivity index (χ4v) is 4.53. The third-order valence-electron chi connectivity index (χ3n) is 4.89. The van der Waals surface area contributed by atoms with Gasteiger partial charge in [0.2, 0.25) is 0 Å². The zero-order valence-electron chi connectivity index (χ0n) is 15.4. The summed E-state index contributed by atoms with van der Waals surface area (Å²) in [6, 6.07) is 20.0. The number of benzene rings is 3. The topological polar surface area (TPSA) is 55.1 Å². The fourth-order valence-electron chi connectivity index (χ4n) is 3.47. The lowest BCUT2D eigenvalue weighted by molar-refractivity contribution is 0.0998. The van der Waals surface area contributed by atoms with E-state index >= 15 is 0 Å². The standard InChI is InChI=1S/C23H15BrN2O2S/c1-13-18-11-15(24)9-10-20(18)28-21(13)22(27)26-23-25-19(12-29-23)17-8-4-6-14-5-2-3-7-16(14)17/h2-12H,1H3,(H,25,26,27). The molecule has 5 rings (SSSR count). The first-order chi connectivity index (χ1) is 14.1. The molecule has 4 nitrogen and oxygen atoms in total. The van der Waals surface area contributed by atoms with E-state index in [0.717, 1.165) is 37.5 Å². The number of carbonyl (C=O) groups excluding carboxylic acids is 1. The molecule has 1 amide bonds. The number of furan rings is 1. The van der Waals surface area contributed by atoms with Crippen molar-refractivity contribution in [1.29, 1.82) is 0 Å². The van der Waals surface area contributed by atoms with Gasteiger partial charge in [-0.05, 0) is 35.9 Å². The molecule has 6 heteroatoms. The van der Waals surface area contributed by atoms with Gasteiger partial charge in [-0.2, -0.15) is 0 Å². The first-order valence-corrected chi connectivity index (χ1v) is 10.7. The number of thiazole rings is 1. The van der Waals surface area contributed by atoms with Crippen LogP contribution in [0.1, 0.15) is 16.1 Å². The molecule has 142 valence electrons. The number of amides is 1. The number of carbonyl (C=O) groups is 1. The lowest BCUT2D eigenvalue weighted by Gasteiger charge is -2.03. The van der Waals surface area contributed by atoms with Crippen molar-refractivity contribution in [1.82, 2.24) is 4.98 Å². The van der Waals surface area contributed by atoms with Crippen LogP contribution in [0.2, 0.25) is 0 Å². The predicted octanol–water partition coefficient (Wildman–Crippen LogP) is 7.03. The van der Waals surface area contributed by atoms with Crippen LogP contribution in [0.3, 0.4) is 0 Å². The summed E-state index contributed by atoms with van der Waals surface area (Å²) in [5.41, 5.74) is 3.38. The molecule has 1 N–H and O–H groups in total. The summed E-state index contributed by atoms with van der Waals surface area (Å²) in [6.07, 6.45) is 0. The van der Waals surface area contributed by atoms with E-state index in [9.17, 15) is 4.79 Å². The molecule has 0 unspecified atom stereocenters. The molecule has 2 aromatic heterocycles. The van der Waals surface area contributed by atoms with Crippen LogP contribution in [-0.4, -0.2) is 10.9 Å². The molecule has 2 heterocycles. The first-order valence-electron chi connectivity index (χ1n) is 9.04. The van der Waals surface area contributed by atoms with Crippen LogP contribution < -0.4 is 5.32 Å². The molecule has 29 heavy (non-hydrogen) atoms. The maximum absolute atomic E-state index is 12.8. The van der Waals surface area contributed by atoms with E-state index in [1.54, 1.807) is 0 Å². The van der Waals surface area contributed by atoms with Crippen molar-refractivity contribution < 1.29 is 9.21 Å². The number of anilines is 1. The van der Waals surface area contributed by atoms with E-state index in [2.05, 4.69) is 44.4 Å². The average Bonchev–Trinajstić information content (AvgIpc) is 3.32. The van der Waals surface area contributed by atoms with Gasteiger partial charge in [-0.1, -0.05) is 58.4 Å². The smallest absolute Gasteiger partial charge is 0.293 e. The Bertz CT molecular complexity index is 1380. The van der Waals surface area contributed by atoms with Crippen molar-refractivity contribution in [3.8, 4) is 11.3 Å². The van der Waals surface area contributed by atoms with Crippen LogP contribution in [0.4, 0.5) is 5.13 Å². The highest BCUT2D eigenvalue weighted by molar-refractivity contribution is 9.10. The van der Waals surface area contributed by atoms with Gasteiger partial charge in [0.25, 0.3) is 5.91 Å². The highest BCUT2D eigenvalue weighted by atomic mass is 79.9. The Balaban J connectivity index is 1.46. The summed E-state index contributed by atoms with van der Waals surface area (Å²) in [7, 11) is 0. The molecule has 0 saturated carbocycles. The Morgan fingerprint density at radius 3 is 2.79 bits per heavy atom. The van der Waals surface area contributed by atoms with E-state index in [4.69, 9.17) is 4.42 Å². The van der Waals surface area contributed by atoms with Gasteiger partial charge in [-0.3, -0.25) is 10.1 Å². The van der Waals surface area contributed by atoms with Crippen molar-refractivity contribution in [2.75, 3.05) is 5.32 Å². The Kier molecular flexibility index (Phi) is 4.45. The van der Waals surface area contributed by atoms with Crippen molar-refractivity contribution in [3.05, 3.63) is 81.8 Å². The van der Waals surface area contributed by atoms with Crippen LogP contribution in [0.5, 0.6) is 0 Å². The second-order valence-electron chi connectivity index (χ2n) is 6.72. The summed E-state index contributed by atoms with van der Waals surface area (Å²) >= 11 is 4.86. The molecule has 0 bridgehead atoms. The molecule has 0 atom stereocenters. The van der Waals surface area contributed by atoms with Gasteiger partial charge in [0, 0.05) is 26.4 Å². The Hall–Kier alpha value is -2.96. The zero-order chi connectivity index (χ0) is 20.0. The Morgan fingerprint density at radius 1 is 1.07 bits per heavy atom. The average molecular weight is 463 g/mol. The molecule has 0 radical (unpaired) electrons. The van der Waals surface area contributed by atoms with Crippen molar-refractivity contribution >= 4 is 60.0 Å². The van der Waals surface area contributed by atoms with Gasteiger partial charge in [0.05, 0.1) is 5.69 Å². The lowest BCUT2D eigenvalue weighted by Crippen LogP contribution is -2.11. The second kappa shape index (κ2) is 7.13. The third kappa shape index (κ3) is 3.24. The molecule has 0 aliphatic heterocycles. The maximum Gasteiger partial charge on any atom is 0.293 e. The van der Waals surface area contributed by atoms with E-state index in [-0.39, 0.29) is 5.91 Å². The van der Waals surface area contributed by atoms with E-state index < -0.39 is 0 Å². The van der Waals surface area contributed by atoms with Crippen molar-refractivity contribution in [2.45, 2.75) is 6.92 Å². The summed E-state index contributed by atoms with van der Waals surface area (Å²) in [5.74, 6) is 0.00801. The SMILES string of the molecule is Cc1c(C(=O)Nc2nc(-c3cccc4ccccc34)cs2)oc2ccc(Br)cc12. The first kappa shape index (κ1) is 18.1. The largest absolute Gasteiger partial charge is 0.451 e. The van der Waals surface area contributed by atoms with Gasteiger partial charge < -0.3 is 4.42 Å². The minimum absolute atomic E-state index is 0.298. The monoisotopic (exact) mass is 462 g/mol. The second-order valence-corrected chi connectivity index (χ2v) is 8.49. The van der Waals surface area contributed by atoms with Crippen LogP contribution in [0.15, 0.2) is 74.9 Å². The van der Waals surface area contributed by atoms with Crippen molar-refractivity contribution in [2.24, 2.45) is 0 Å². The molecule has 0 spiro atoms. The highest BCUT2D eigenvalue weighted by Gasteiger charge is 2.19. The molecular weight excluding hydrogens is 448 g/mol. The number of aryl methyl sites for hydroxylation is 1. The molecule has 0 fully saturated rings. The number of hydrogen-bond acceptors (Lipinski definition) is 4. The molecule has 0 aliphatic rings. The minimum Gasteiger partial charge on any atom is -0.451 e. The summed E-state index contributed by atoms with van der Waals surface area (Å²) < 4.78 is 6.73. The molecular formula is C23H15BrN2O2S. The summed E-state index contributed by atoms with van der Waals surface area (Å²) in [5, 5.41) is 8.59. The van der Waals surface area contributed by atoms with E-state index in [0.29, 0.717) is 16.5 Å². The fraction of sp³-hybridized carbons (Fsp3) is 0.0435. The van der Waals surface area contributed by atoms with Crippen LogP contribution in [-0.2, 0) is 0 Å². The van der Waals surface area contributed by atoms with Crippen LogP contribution in [0, 0.1) is 6.92 Å². The normalized spacial score (nSPS) is 11.2. The number of halogens is 1. The van der Waals surface area contributed by atoms with Crippen LogP contribution >= 0.6 is 27.3 Å². The van der Waals surface area contributed by atoms with Gasteiger partial charge in [-0.15, -0.1) is 11.3 Å². The highest BCUT2D eigenvalue weighted by Crippen LogP contribution is 2.32. The third-order valence-corrected chi connectivity index (χ3v) is 6.15. The number of aromatic nitrogens is 1.